The number of nitrogens with zero attached hydrogens (tertiary/aromatic N) is 1. The van der Waals surface area contributed by atoms with E-state index >= 15 is 0 Å². The average molecular weight is 539 g/mol. The number of hydrogen-bond acceptors (Lipinski definition) is 7. The van der Waals surface area contributed by atoms with E-state index < -0.39 is 35.7 Å². The lowest BCUT2D eigenvalue weighted by molar-refractivity contribution is -0.196. The van der Waals surface area contributed by atoms with Crippen molar-refractivity contribution in [2.75, 3.05) is 19.4 Å². The lowest BCUT2D eigenvalue weighted by Crippen LogP contribution is -2.64. The molecule has 1 aliphatic rings. The van der Waals surface area contributed by atoms with E-state index in [1.54, 1.807) is 0 Å². The van der Waals surface area contributed by atoms with Crippen molar-refractivity contribution >= 4 is 34.4 Å². The largest absolute Gasteiger partial charge is 0.388 e. The summed E-state index contributed by atoms with van der Waals surface area (Å²) in [5.41, 5.74) is 12.2. The molecule has 1 heterocycles. The van der Waals surface area contributed by atoms with Crippen LogP contribution in [0.2, 0.25) is 0 Å². The van der Waals surface area contributed by atoms with Crippen molar-refractivity contribution in [1.82, 2.24) is 5.32 Å². The monoisotopic (exact) mass is 538 g/mol. The van der Waals surface area contributed by atoms with E-state index in [1.807, 2.05) is 54.8 Å². The number of aliphatic hydroxyl groups is 1. The summed E-state index contributed by atoms with van der Waals surface area (Å²) in [6.07, 6.45) is -0.579. The molecule has 202 valence electrons. The molecule has 1 aliphatic heterocycles. The minimum Gasteiger partial charge on any atom is -0.388 e. The Morgan fingerprint density at radius 3 is 2.50 bits per heavy atom. The number of aliphatic imine (C=N–C) groups is 1. The third kappa shape index (κ3) is 7.46. The second-order valence-electron chi connectivity index (χ2n) is 9.06. The third-order valence-electron chi connectivity index (χ3n) is 6.29. The molecule has 9 nitrogen and oxygen atoms in total. The van der Waals surface area contributed by atoms with Gasteiger partial charge in [0.2, 0.25) is 5.91 Å². The van der Waals surface area contributed by atoms with Gasteiger partial charge in [-0.05, 0) is 34.2 Å². The molecular formula is C28H34N4O5S. The molecule has 6 N–H and O–H groups in total. The van der Waals surface area contributed by atoms with Gasteiger partial charge in [-0.1, -0.05) is 66.7 Å². The smallest absolute Gasteiger partial charge is 0.242 e. The fraction of sp³-hybridized carbons (Fsp3) is 0.357. The Morgan fingerprint density at radius 1 is 1.03 bits per heavy atom. The second kappa shape index (κ2) is 13.6. The van der Waals surface area contributed by atoms with Crippen LogP contribution in [0, 0.1) is 0 Å². The van der Waals surface area contributed by atoms with Crippen LogP contribution in [0.15, 0.2) is 77.8 Å². The highest BCUT2D eigenvalue weighted by atomic mass is 32.2. The Morgan fingerprint density at radius 2 is 1.76 bits per heavy atom. The molecule has 0 bridgehead atoms. The van der Waals surface area contributed by atoms with Crippen LogP contribution >= 0.6 is 11.8 Å². The third-order valence-corrected chi connectivity index (χ3v) is 7.16. The van der Waals surface area contributed by atoms with E-state index in [4.69, 9.17) is 25.7 Å². The van der Waals surface area contributed by atoms with Gasteiger partial charge in [0.15, 0.2) is 5.96 Å². The summed E-state index contributed by atoms with van der Waals surface area (Å²) >= 11 is 1.41. The number of fused-ring (bicyclic) bond motifs is 1. The Balaban J connectivity index is 1.44. The highest BCUT2D eigenvalue weighted by Gasteiger charge is 2.46. The van der Waals surface area contributed by atoms with E-state index in [0.29, 0.717) is 6.61 Å². The van der Waals surface area contributed by atoms with Gasteiger partial charge in [-0.2, -0.15) is 0 Å². The molecule has 0 aromatic heterocycles. The van der Waals surface area contributed by atoms with Crippen LogP contribution in [-0.4, -0.2) is 66.2 Å². The summed E-state index contributed by atoms with van der Waals surface area (Å²) in [7, 11) is 0. The molecule has 38 heavy (non-hydrogen) atoms. The number of carbonyl (C=O) groups is 1. The normalized spacial score (nSPS) is 23.2. The number of amides is 1. The van der Waals surface area contributed by atoms with Crippen LogP contribution in [0.3, 0.4) is 0 Å². The molecule has 1 fully saturated rings. The quantitative estimate of drug-likeness (QED) is 0.215. The van der Waals surface area contributed by atoms with Gasteiger partial charge >= 0.3 is 0 Å². The number of thioether (sulfide) groups is 1. The van der Waals surface area contributed by atoms with Gasteiger partial charge in [0, 0.05) is 0 Å². The maximum absolute atomic E-state index is 12.6. The number of hydrogen-bond donors (Lipinski definition) is 4. The van der Waals surface area contributed by atoms with Crippen LogP contribution in [0.4, 0.5) is 0 Å². The van der Waals surface area contributed by atoms with Crippen LogP contribution in [0.5, 0.6) is 0 Å². The van der Waals surface area contributed by atoms with Crippen molar-refractivity contribution in [3.8, 4) is 0 Å². The summed E-state index contributed by atoms with van der Waals surface area (Å²) in [5.74, 6) is -0.584. The zero-order valence-electron chi connectivity index (χ0n) is 21.2. The zero-order chi connectivity index (χ0) is 26.9. The number of aliphatic hydroxyl groups excluding tert-OH is 1. The predicted molar refractivity (Wildman–Crippen MR) is 149 cm³/mol. The fourth-order valence-corrected chi connectivity index (χ4v) is 5.16. The SMILES string of the molecule is CSC1O[C@H](COCc2ccc3ccccc3c2)[C@@H](O)[C@H](OCc2ccccc2)[C@H]1NC(=O)CN=C(N)N. The predicted octanol–water partition coefficient (Wildman–Crippen LogP) is 2.15. The number of nitrogens with one attached hydrogen (secondary N) is 1. The second-order valence-corrected chi connectivity index (χ2v) is 10.00. The molecule has 0 spiro atoms. The minimum absolute atomic E-state index is 0.158. The van der Waals surface area contributed by atoms with Gasteiger partial charge < -0.3 is 36.1 Å². The molecular weight excluding hydrogens is 504 g/mol. The van der Waals surface area contributed by atoms with Crippen molar-refractivity contribution in [2.45, 2.75) is 43.0 Å². The van der Waals surface area contributed by atoms with Gasteiger partial charge in [0.1, 0.15) is 30.3 Å². The summed E-state index contributed by atoms with van der Waals surface area (Å²) in [4.78, 5) is 16.3. The number of guanidine groups is 1. The zero-order valence-corrected chi connectivity index (χ0v) is 22.1. The van der Waals surface area contributed by atoms with Gasteiger partial charge in [-0.25, -0.2) is 4.99 Å². The molecule has 3 aromatic carbocycles. The molecule has 1 amide bonds. The number of carbonyl (C=O) groups excluding carboxylic acids is 1. The van der Waals surface area contributed by atoms with Crippen LogP contribution in [0.25, 0.3) is 10.8 Å². The Kier molecular flexibility index (Phi) is 9.97. The minimum atomic E-state index is -1.05. The first kappa shape index (κ1) is 27.9. The summed E-state index contributed by atoms with van der Waals surface area (Å²) < 4.78 is 18.4. The standard InChI is InChI=1S/C28H34N4O5S/c1-38-27-24(32-23(33)14-31-28(29)30)26(36-16-18-7-3-2-4-8-18)25(34)22(37-27)17-35-15-19-11-12-20-9-5-6-10-21(20)13-19/h2-13,22,24-27,34H,14-17H2,1H3,(H,32,33)(H4,29,30,31)/t22-,24-,25-,26-,27?/m1/s1. The maximum atomic E-state index is 12.6. The first-order valence-electron chi connectivity index (χ1n) is 12.4. The Hall–Kier alpha value is -3.15. The van der Waals surface area contributed by atoms with E-state index in [2.05, 4.69) is 34.6 Å². The molecule has 0 radical (unpaired) electrons. The Bertz CT molecular complexity index is 1220. The first-order valence-corrected chi connectivity index (χ1v) is 13.7. The van der Waals surface area contributed by atoms with E-state index in [1.165, 1.54) is 11.8 Å². The van der Waals surface area contributed by atoms with Gasteiger partial charge in [-0.15, -0.1) is 11.8 Å². The summed E-state index contributed by atoms with van der Waals surface area (Å²) in [6.45, 7) is 0.550. The molecule has 0 aliphatic carbocycles. The molecule has 10 heteroatoms. The molecule has 0 saturated carbocycles. The number of ether oxygens (including phenoxy) is 3. The van der Waals surface area contributed by atoms with Crippen molar-refractivity contribution in [2.24, 2.45) is 16.5 Å². The molecule has 4 rings (SSSR count). The van der Waals surface area contributed by atoms with Crippen LogP contribution in [0.1, 0.15) is 11.1 Å². The van der Waals surface area contributed by atoms with Crippen LogP contribution < -0.4 is 16.8 Å². The van der Waals surface area contributed by atoms with E-state index in [-0.39, 0.29) is 25.7 Å². The van der Waals surface area contributed by atoms with Crippen molar-refractivity contribution in [1.29, 1.82) is 0 Å². The summed E-state index contributed by atoms with van der Waals surface area (Å²) in [6, 6.07) is 23.3. The highest BCUT2D eigenvalue weighted by Crippen LogP contribution is 2.30. The van der Waals surface area contributed by atoms with E-state index in [9.17, 15) is 9.90 Å². The average Bonchev–Trinajstić information content (AvgIpc) is 2.93. The number of rotatable bonds is 11. The molecule has 1 unspecified atom stereocenters. The Labute approximate surface area is 226 Å². The van der Waals surface area contributed by atoms with Crippen molar-refractivity contribution in [3.05, 3.63) is 83.9 Å². The maximum Gasteiger partial charge on any atom is 0.242 e. The van der Waals surface area contributed by atoms with Gasteiger partial charge in [0.25, 0.3) is 0 Å². The fourth-order valence-electron chi connectivity index (χ4n) is 4.39. The molecule has 5 atom stereocenters. The molecule has 3 aromatic rings. The van der Waals surface area contributed by atoms with Gasteiger partial charge in [0.05, 0.1) is 25.9 Å². The molecule has 1 saturated heterocycles. The van der Waals surface area contributed by atoms with Crippen molar-refractivity contribution < 1.29 is 24.1 Å². The first-order chi connectivity index (χ1) is 18.4. The van der Waals surface area contributed by atoms with E-state index in [0.717, 1.165) is 21.9 Å². The van der Waals surface area contributed by atoms with Crippen molar-refractivity contribution in [3.63, 3.8) is 0 Å². The summed E-state index contributed by atoms with van der Waals surface area (Å²) in [5, 5.41) is 16.5. The number of benzene rings is 3. The van der Waals surface area contributed by atoms with Crippen LogP contribution in [-0.2, 0) is 32.2 Å². The topological polar surface area (TPSA) is 141 Å². The lowest BCUT2D eigenvalue weighted by Gasteiger charge is -2.44. The van der Waals surface area contributed by atoms with Gasteiger partial charge in [-0.3, -0.25) is 4.79 Å². The number of nitrogens with two attached hydrogens (primary N) is 2. The highest BCUT2D eigenvalue weighted by molar-refractivity contribution is 7.99. The lowest BCUT2D eigenvalue weighted by atomic mass is 9.97.